The van der Waals surface area contributed by atoms with Gasteiger partial charge in [0.1, 0.15) is 0 Å². The van der Waals surface area contributed by atoms with Crippen LogP contribution in [0, 0.1) is 5.92 Å². The third-order valence-corrected chi connectivity index (χ3v) is 3.26. The van der Waals surface area contributed by atoms with Gasteiger partial charge in [-0.1, -0.05) is 4.49 Å². The van der Waals surface area contributed by atoms with Crippen molar-refractivity contribution in [2.75, 3.05) is 6.54 Å². The summed E-state index contributed by atoms with van der Waals surface area (Å²) >= 11 is 1.55. The predicted octanol–water partition coefficient (Wildman–Crippen LogP) is 0.992. The van der Waals surface area contributed by atoms with Gasteiger partial charge in [0.05, 0.1) is 5.69 Å². The van der Waals surface area contributed by atoms with Crippen molar-refractivity contribution < 1.29 is 0 Å². The van der Waals surface area contributed by atoms with Crippen molar-refractivity contribution >= 4 is 11.5 Å². The van der Waals surface area contributed by atoms with Crippen LogP contribution in [0.5, 0.6) is 0 Å². The summed E-state index contributed by atoms with van der Waals surface area (Å²) in [5.74, 6) is 0.782. The Labute approximate surface area is 76.1 Å². The predicted molar refractivity (Wildman–Crippen MR) is 49.1 cm³/mol. The zero-order valence-electron chi connectivity index (χ0n) is 6.99. The van der Waals surface area contributed by atoms with Gasteiger partial charge in [-0.25, -0.2) is 0 Å². The van der Waals surface area contributed by atoms with Gasteiger partial charge >= 0.3 is 0 Å². The van der Waals surface area contributed by atoms with Crippen molar-refractivity contribution in [2.24, 2.45) is 11.7 Å². The standard InChI is InChI=1S/C8H13N3S/c9-4-3-6-1-2-7-8(5-6)12-11-10-7/h6H,1-5,9H2. The van der Waals surface area contributed by atoms with Crippen molar-refractivity contribution in [2.45, 2.75) is 25.7 Å². The van der Waals surface area contributed by atoms with Crippen LogP contribution in [0.25, 0.3) is 0 Å². The number of rotatable bonds is 2. The Bertz CT molecular complexity index is 259. The number of nitrogens with zero attached hydrogens (tertiary/aromatic N) is 2. The smallest absolute Gasteiger partial charge is 0.0787 e. The maximum Gasteiger partial charge on any atom is 0.0787 e. The van der Waals surface area contributed by atoms with Gasteiger partial charge in [0, 0.05) is 4.88 Å². The molecule has 0 aliphatic heterocycles. The first kappa shape index (κ1) is 8.13. The molecule has 0 saturated carbocycles. The molecule has 1 atom stereocenters. The van der Waals surface area contributed by atoms with Crippen LogP contribution in [-0.4, -0.2) is 16.1 Å². The summed E-state index contributed by atoms with van der Waals surface area (Å²) in [5.41, 5.74) is 6.76. The van der Waals surface area contributed by atoms with Crippen LogP contribution in [0.4, 0.5) is 0 Å². The zero-order valence-corrected chi connectivity index (χ0v) is 7.81. The minimum absolute atomic E-state index is 0.782. The molecule has 1 unspecified atom stereocenters. The first-order valence-electron chi connectivity index (χ1n) is 4.40. The summed E-state index contributed by atoms with van der Waals surface area (Å²) in [7, 11) is 0. The SMILES string of the molecule is NCCC1CCc2nnsc2C1. The van der Waals surface area contributed by atoms with Gasteiger partial charge in [-0.3, -0.25) is 0 Å². The largest absolute Gasteiger partial charge is 0.330 e. The molecule has 2 rings (SSSR count). The highest BCUT2D eigenvalue weighted by molar-refractivity contribution is 7.05. The summed E-state index contributed by atoms with van der Waals surface area (Å²) in [5, 5.41) is 4.09. The Balaban J connectivity index is 2.05. The monoisotopic (exact) mass is 183 g/mol. The Hall–Kier alpha value is -0.480. The van der Waals surface area contributed by atoms with E-state index in [9.17, 15) is 0 Å². The maximum absolute atomic E-state index is 5.53. The molecule has 1 heterocycles. The quantitative estimate of drug-likeness (QED) is 0.744. The average Bonchev–Trinajstić information content (AvgIpc) is 2.51. The molecule has 0 radical (unpaired) electrons. The molecule has 0 saturated heterocycles. The molecule has 4 heteroatoms. The summed E-state index contributed by atoms with van der Waals surface area (Å²) in [6.07, 6.45) is 4.66. The third-order valence-electron chi connectivity index (χ3n) is 2.47. The molecular weight excluding hydrogens is 170 g/mol. The van der Waals surface area contributed by atoms with E-state index in [1.54, 1.807) is 11.5 Å². The second kappa shape index (κ2) is 3.49. The van der Waals surface area contributed by atoms with Crippen molar-refractivity contribution in [1.29, 1.82) is 0 Å². The third kappa shape index (κ3) is 1.49. The van der Waals surface area contributed by atoms with Crippen LogP contribution in [0.1, 0.15) is 23.4 Å². The topological polar surface area (TPSA) is 51.8 Å². The molecule has 0 spiro atoms. The number of nitrogens with two attached hydrogens (primary N) is 1. The molecule has 0 amide bonds. The van der Waals surface area contributed by atoms with Crippen molar-refractivity contribution in [3.8, 4) is 0 Å². The molecule has 12 heavy (non-hydrogen) atoms. The minimum atomic E-state index is 0.782. The van der Waals surface area contributed by atoms with Gasteiger partial charge in [-0.2, -0.15) is 0 Å². The Morgan fingerprint density at radius 3 is 3.33 bits per heavy atom. The van der Waals surface area contributed by atoms with Crippen LogP contribution in [0.2, 0.25) is 0 Å². The van der Waals surface area contributed by atoms with Crippen molar-refractivity contribution in [1.82, 2.24) is 9.59 Å². The van der Waals surface area contributed by atoms with Gasteiger partial charge < -0.3 is 5.73 Å². The molecule has 2 N–H and O–H groups in total. The second-order valence-electron chi connectivity index (χ2n) is 3.33. The number of hydrogen-bond acceptors (Lipinski definition) is 4. The van der Waals surface area contributed by atoms with E-state index in [1.165, 1.54) is 17.0 Å². The van der Waals surface area contributed by atoms with Gasteiger partial charge in [-0.15, -0.1) is 5.10 Å². The van der Waals surface area contributed by atoms with E-state index in [2.05, 4.69) is 9.59 Å². The first-order chi connectivity index (χ1) is 5.90. The summed E-state index contributed by atoms with van der Waals surface area (Å²) in [6, 6.07) is 0. The molecule has 1 aromatic heterocycles. The van der Waals surface area contributed by atoms with Crippen LogP contribution < -0.4 is 5.73 Å². The zero-order chi connectivity index (χ0) is 8.39. The number of aromatic nitrogens is 2. The van der Waals surface area contributed by atoms with E-state index in [1.807, 2.05) is 0 Å². The van der Waals surface area contributed by atoms with Crippen LogP contribution in [0.3, 0.4) is 0 Å². The lowest BCUT2D eigenvalue weighted by Crippen LogP contribution is -2.16. The highest BCUT2D eigenvalue weighted by atomic mass is 32.1. The summed E-state index contributed by atoms with van der Waals surface area (Å²) in [4.78, 5) is 1.39. The maximum atomic E-state index is 5.53. The lowest BCUT2D eigenvalue weighted by Gasteiger charge is -2.19. The van der Waals surface area contributed by atoms with Gasteiger partial charge in [-0.05, 0) is 49.7 Å². The molecule has 0 fully saturated rings. The molecule has 1 aliphatic carbocycles. The molecule has 0 bridgehead atoms. The van der Waals surface area contributed by atoms with Crippen molar-refractivity contribution in [3.05, 3.63) is 10.6 Å². The Morgan fingerprint density at radius 2 is 2.50 bits per heavy atom. The van der Waals surface area contributed by atoms with Gasteiger partial charge in [0.25, 0.3) is 0 Å². The number of aryl methyl sites for hydroxylation is 1. The first-order valence-corrected chi connectivity index (χ1v) is 5.17. The van der Waals surface area contributed by atoms with Crippen molar-refractivity contribution in [3.63, 3.8) is 0 Å². The average molecular weight is 183 g/mol. The molecule has 1 aromatic rings. The van der Waals surface area contributed by atoms with E-state index in [4.69, 9.17) is 5.73 Å². The van der Waals surface area contributed by atoms with E-state index >= 15 is 0 Å². The highest BCUT2D eigenvalue weighted by Crippen LogP contribution is 2.27. The molecule has 0 aromatic carbocycles. The molecule has 66 valence electrons. The normalized spacial score (nSPS) is 22.2. The van der Waals surface area contributed by atoms with E-state index in [0.29, 0.717) is 0 Å². The lowest BCUT2D eigenvalue weighted by atomic mass is 9.89. The van der Waals surface area contributed by atoms with E-state index in [0.717, 1.165) is 31.7 Å². The van der Waals surface area contributed by atoms with Crippen LogP contribution >= 0.6 is 11.5 Å². The Morgan fingerprint density at radius 1 is 1.58 bits per heavy atom. The summed E-state index contributed by atoms with van der Waals surface area (Å²) < 4.78 is 3.96. The Kier molecular flexibility index (Phi) is 2.37. The molecular formula is C8H13N3S. The second-order valence-corrected chi connectivity index (χ2v) is 4.17. The van der Waals surface area contributed by atoms with Gasteiger partial charge in [0.2, 0.25) is 0 Å². The minimum Gasteiger partial charge on any atom is -0.330 e. The molecule has 1 aliphatic rings. The highest BCUT2D eigenvalue weighted by Gasteiger charge is 2.20. The molecule has 3 nitrogen and oxygen atoms in total. The van der Waals surface area contributed by atoms with E-state index in [-0.39, 0.29) is 0 Å². The fourth-order valence-electron chi connectivity index (χ4n) is 1.76. The van der Waals surface area contributed by atoms with Gasteiger partial charge in [0.15, 0.2) is 0 Å². The number of fused-ring (bicyclic) bond motifs is 1. The van der Waals surface area contributed by atoms with Crippen LogP contribution in [0.15, 0.2) is 0 Å². The fraction of sp³-hybridized carbons (Fsp3) is 0.750. The number of hydrogen-bond donors (Lipinski definition) is 1. The van der Waals surface area contributed by atoms with E-state index < -0.39 is 0 Å². The lowest BCUT2D eigenvalue weighted by molar-refractivity contribution is 0.433. The fourth-order valence-corrected chi connectivity index (χ4v) is 2.56. The summed E-state index contributed by atoms with van der Waals surface area (Å²) in [6.45, 7) is 0.812. The van der Waals surface area contributed by atoms with Crippen LogP contribution in [-0.2, 0) is 12.8 Å².